The zero-order valence-corrected chi connectivity index (χ0v) is 9.42. The van der Waals surface area contributed by atoms with Gasteiger partial charge in [0.15, 0.2) is 6.10 Å². The van der Waals surface area contributed by atoms with Gasteiger partial charge in [-0.15, -0.1) is 0 Å². The van der Waals surface area contributed by atoms with E-state index >= 15 is 0 Å². The third-order valence-corrected chi connectivity index (χ3v) is 3.09. The van der Waals surface area contributed by atoms with Crippen molar-refractivity contribution < 1.29 is 28.5 Å². The van der Waals surface area contributed by atoms with Crippen LogP contribution in [0.15, 0.2) is 0 Å². The van der Waals surface area contributed by atoms with Gasteiger partial charge in [0, 0.05) is 6.54 Å². The molecule has 0 aromatic rings. The Morgan fingerprint density at radius 3 is 2.78 bits per heavy atom. The van der Waals surface area contributed by atoms with E-state index in [0.717, 1.165) is 4.90 Å². The first-order valence-electron chi connectivity index (χ1n) is 5.53. The number of carbonyl (C=O) groups is 1. The smallest absolute Gasteiger partial charge is 0.320 e. The van der Waals surface area contributed by atoms with E-state index in [-0.39, 0.29) is 6.54 Å². The van der Waals surface area contributed by atoms with E-state index in [0.29, 0.717) is 6.42 Å². The van der Waals surface area contributed by atoms with Crippen molar-refractivity contribution in [3.63, 3.8) is 0 Å². The van der Waals surface area contributed by atoms with Crippen molar-refractivity contribution in [2.75, 3.05) is 13.2 Å². The summed E-state index contributed by atoms with van der Waals surface area (Å²) in [4.78, 5) is 12.3. The Labute approximate surface area is 101 Å². The van der Waals surface area contributed by atoms with Crippen LogP contribution in [0.3, 0.4) is 0 Å². The Hall–Kier alpha value is -1.03. The van der Waals surface area contributed by atoms with Gasteiger partial charge < -0.3 is 26.0 Å². The molecule has 9 heteroatoms. The number of nitrogens with two attached hydrogens (primary N) is 1. The number of halogens is 2. The summed E-state index contributed by atoms with van der Waals surface area (Å²) in [6.45, 7) is -0.750. The van der Waals surface area contributed by atoms with E-state index in [1.165, 1.54) is 0 Å². The molecular weight excluding hydrogens is 252 g/mol. The van der Waals surface area contributed by atoms with Crippen molar-refractivity contribution >= 4 is 6.03 Å². The maximum absolute atomic E-state index is 13.8. The Balaban J connectivity index is 2.15. The van der Waals surface area contributed by atoms with Crippen LogP contribution in [0.4, 0.5) is 13.6 Å². The topological polar surface area (TPSA) is 108 Å². The largest absolute Gasteiger partial charge is 0.394 e. The van der Waals surface area contributed by atoms with Crippen molar-refractivity contribution in [3.8, 4) is 0 Å². The Kier molecular flexibility index (Phi) is 3.41. The van der Waals surface area contributed by atoms with Gasteiger partial charge in [-0.05, 0) is 6.42 Å². The fourth-order valence-corrected chi connectivity index (χ4v) is 2.07. The lowest BCUT2D eigenvalue weighted by Gasteiger charge is -2.36. The van der Waals surface area contributed by atoms with Crippen LogP contribution in [0.5, 0.6) is 0 Å². The summed E-state index contributed by atoms with van der Waals surface area (Å²) in [6, 6.07) is -0.774. The van der Waals surface area contributed by atoms with Gasteiger partial charge in [-0.2, -0.15) is 8.78 Å². The van der Waals surface area contributed by atoms with Crippen molar-refractivity contribution in [2.45, 2.75) is 36.9 Å². The summed E-state index contributed by atoms with van der Waals surface area (Å²) in [5, 5.41) is 20.5. The Bertz CT molecular complexity index is 344. The second kappa shape index (κ2) is 4.57. The summed E-state index contributed by atoms with van der Waals surface area (Å²) >= 11 is 0. The van der Waals surface area contributed by atoms with Crippen LogP contribution in [0.1, 0.15) is 6.42 Å². The number of carbonyl (C=O) groups excluding carboxylic acids is 1. The molecule has 0 aromatic carbocycles. The molecule has 2 rings (SSSR count). The second-order valence-corrected chi connectivity index (χ2v) is 4.37. The van der Waals surface area contributed by atoms with E-state index in [2.05, 4.69) is 5.32 Å². The summed E-state index contributed by atoms with van der Waals surface area (Å²) in [5.74, 6) is -3.63. The van der Waals surface area contributed by atoms with Crippen LogP contribution in [-0.2, 0) is 4.74 Å². The summed E-state index contributed by atoms with van der Waals surface area (Å²) in [5.41, 5.74) is 5.46. The number of ether oxygens (including phenoxy) is 1. The third kappa shape index (κ3) is 2.03. The van der Waals surface area contributed by atoms with Gasteiger partial charge in [0.2, 0.25) is 6.23 Å². The average Bonchev–Trinajstić information content (AvgIpc) is 2.52. The summed E-state index contributed by atoms with van der Waals surface area (Å²) in [7, 11) is 0. The molecule has 0 radical (unpaired) electrons. The number of nitrogens with zero attached hydrogens (tertiary/aromatic N) is 1. The first-order valence-corrected chi connectivity index (χ1v) is 5.53. The van der Waals surface area contributed by atoms with E-state index < -0.39 is 43.2 Å². The molecule has 4 unspecified atom stereocenters. The molecule has 2 aliphatic heterocycles. The molecule has 0 aromatic heterocycles. The normalized spacial score (nSPS) is 39.8. The van der Waals surface area contributed by atoms with Gasteiger partial charge in [-0.25, -0.2) is 4.79 Å². The number of nitrogens with one attached hydrogen (secondary N) is 1. The molecule has 0 bridgehead atoms. The lowest BCUT2D eigenvalue weighted by molar-refractivity contribution is -0.157. The van der Waals surface area contributed by atoms with E-state index in [4.69, 9.17) is 15.6 Å². The fourth-order valence-electron chi connectivity index (χ4n) is 2.07. The molecule has 7 nitrogen and oxygen atoms in total. The number of hydrogen-bond acceptors (Lipinski definition) is 5. The first kappa shape index (κ1) is 13.4. The van der Waals surface area contributed by atoms with Crippen molar-refractivity contribution in [1.29, 1.82) is 0 Å². The molecule has 2 fully saturated rings. The number of hydrogen-bond donors (Lipinski definition) is 4. The molecule has 2 amide bonds. The van der Waals surface area contributed by atoms with Crippen LogP contribution in [-0.4, -0.2) is 64.8 Å². The number of aliphatic hydroxyl groups excluding tert-OH is 2. The standard InChI is InChI=1S/C9H15F2N3O4/c10-9(11)6(16)4(3-15)18-7(9)14-2-1-5(12)13-8(14)17/h4-7,15-16H,1-3,12H2,(H,13,17). The Morgan fingerprint density at radius 1 is 1.61 bits per heavy atom. The van der Waals surface area contributed by atoms with Crippen LogP contribution in [0.2, 0.25) is 0 Å². The predicted octanol–water partition coefficient (Wildman–Crippen LogP) is -1.60. The van der Waals surface area contributed by atoms with Crippen LogP contribution < -0.4 is 11.1 Å². The van der Waals surface area contributed by atoms with Crippen molar-refractivity contribution in [1.82, 2.24) is 10.2 Å². The zero-order chi connectivity index (χ0) is 13.5. The first-order chi connectivity index (χ1) is 8.37. The highest BCUT2D eigenvalue weighted by Gasteiger charge is 2.61. The number of amides is 2. The van der Waals surface area contributed by atoms with Gasteiger partial charge in [0.25, 0.3) is 0 Å². The van der Waals surface area contributed by atoms with Gasteiger partial charge in [0.05, 0.1) is 12.8 Å². The molecule has 0 saturated carbocycles. The highest BCUT2D eigenvalue weighted by atomic mass is 19.3. The number of urea groups is 1. The molecule has 0 spiro atoms. The van der Waals surface area contributed by atoms with Gasteiger partial charge in [0.1, 0.15) is 6.10 Å². The fraction of sp³-hybridized carbons (Fsp3) is 0.889. The molecule has 104 valence electrons. The van der Waals surface area contributed by atoms with E-state index in [9.17, 15) is 18.7 Å². The highest BCUT2D eigenvalue weighted by Crippen LogP contribution is 2.38. The summed E-state index contributed by atoms with van der Waals surface area (Å²) < 4.78 is 32.4. The lowest BCUT2D eigenvalue weighted by Crippen LogP contribution is -2.61. The van der Waals surface area contributed by atoms with E-state index in [1.54, 1.807) is 0 Å². The second-order valence-electron chi connectivity index (χ2n) is 4.37. The molecule has 2 heterocycles. The maximum Gasteiger partial charge on any atom is 0.320 e. The molecule has 2 aliphatic rings. The summed E-state index contributed by atoms with van der Waals surface area (Å²) in [6.07, 6.45) is -5.73. The van der Waals surface area contributed by atoms with Crippen LogP contribution in [0.25, 0.3) is 0 Å². The quantitative estimate of drug-likeness (QED) is 0.482. The minimum atomic E-state index is -3.63. The lowest BCUT2D eigenvalue weighted by atomic mass is 10.1. The van der Waals surface area contributed by atoms with Crippen LogP contribution >= 0.6 is 0 Å². The molecular formula is C9H15F2N3O4. The number of alkyl halides is 2. The van der Waals surface area contributed by atoms with Crippen LogP contribution in [0, 0.1) is 0 Å². The Morgan fingerprint density at radius 2 is 2.28 bits per heavy atom. The maximum atomic E-state index is 13.8. The molecule has 4 atom stereocenters. The van der Waals surface area contributed by atoms with Crippen molar-refractivity contribution in [3.05, 3.63) is 0 Å². The zero-order valence-electron chi connectivity index (χ0n) is 9.42. The molecule has 5 N–H and O–H groups in total. The highest BCUT2D eigenvalue weighted by molar-refractivity contribution is 5.75. The van der Waals surface area contributed by atoms with Gasteiger partial charge in [-0.3, -0.25) is 4.90 Å². The SMILES string of the molecule is NC1CCN(C2OC(CO)C(O)C2(F)F)C(=O)N1. The van der Waals surface area contributed by atoms with Crippen molar-refractivity contribution in [2.24, 2.45) is 5.73 Å². The molecule has 2 saturated heterocycles. The molecule has 0 aliphatic carbocycles. The average molecular weight is 267 g/mol. The molecule has 18 heavy (non-hydrogen) atoms. The monoisotopic (exact) mass is 267 g/mol. The number of rotatable bonds is 2. The number of aliphatic hydroxyl groups is 2. The minimum Gasteiger partial charge on any atom is -0.394 e. The third-order valence-electron chi connectivity index (χ3n) is 3.09. The predicted molar refractivity (Wildman–Crippen MR) is 54.5 cm³/mol. The van der Waals surface area contributed by atoms with E-state index in [1.807, 2.05) is 0 Å². The van der Waals surface area contributed by atoms with Gasteiger partial charge >= 0.3 is 12.0 Å². The minimum absolute atomic E-state index is 0.00186. The van der Waals surface area contributed by atoms with Gasteiger partial charge in [-0.1, -0.05) is 0 Å².